The van der Waals surface area contributed by atoms with Crippen LogP contribution in [-0.4, -0.2) is 16.5 Å². The van der Waals surface area contributed by atoms with Crippen LogP contribution >= 0.6 is 15.9 Å². The average Bonchev–Trinajstić information content (AvgIpc) is 2.16. The SMILES string of the molecule is CC1(C)C2CC=C(C(O)CBr)C1C2. The number of alkyl halides is 1. The van der Waals surface area contributed by atoms with E-state index in [0.717, 1.165) is 5.92 Å². The van der Waals surface area contributed by atoms with Gasteiger partial charge in [0.25, 0.3) is 0 Å². The maximum Gasteiger partial charge on any atom is 0.0849 e. The van der Waals surface area contributed by atoms with Gasteiger partial charge in [0.05, 0.1) is 6.10 Å². The summed E-state index contributed by atoms with van der Waals surface area (Å²) in [5, 5.41) is 10.5. The Hall–Kier alpha value is 0.180. The number of hydrogen-bond donors (Lipinski definition) is 1. The summed E-state index contributed by atoms with van der Waals surface area (Å²) in [5.74, 6) is 1.50. The Morgan fingerprint density at radius 2 is 2.38 bits per heavy atom. The average molecular weight is 245 g/mol. The molecule has 0 aromatic heterocycles. The lowest BCUT2D eigenvalue weighted by atomic mass is 9.48. The van der Waals surface area contributed by atoms with Crippen LogP contribution in [0, 0.1) is 17.3 Å². The van der Waals surface area contributed by atoms with Crippen LogP contribution in [0.3, 0.4) is 0 Å². The number of fused-ring (bicyclic) bond motifs is 1. The van der Waals surface area contributed by atoms with Crippen molar-refractivity contribution in [3.63, 3.8) is 0 Å². The third kappa shape index (κ3) is 1.30. The third-order valence-electron chi connectivity index (χ3n) is 4.04. The highest BCUT2D eigenvalue weighted by molar-refractivity contribution is 9.09. The molecule has 0 aliphatic heterocycles. The smallest absolute Gasteiger partial charge is 0.0849 e. The molecule has 1 nitrogen and oxygen atoms in total. The summed E-state index contributed by atoms with van der Waals surface area (Å²) in [6, 6.07) is 0. The Bertz CT molecular complexity index is 244. The van der Waals surface area contributed by atoms with Crippen molar-refractivity contribution in [1.82, 2.24) is 0 Å². The van der Waals surface area contributed by atoms with Crippen LogP contribution in [-0.2, 0) is 0 Å². The Kier molecular flexibility index (Phi) is 2.31. The van der Waals surface area contributed by atoms with Crippen LogP contribution in [0.1, 0.15) is 26.7 Å². The number of rotatable bonds is 2. The molecule has 3 aliphatic carbocycles. The van der Waals surface area contributed by atoms with Crippen molar-refractivity contribution in [2.75, 3.05) is 5.33 Å². The van der Waals surface area contributed by atoms with Crippen LogP contribution in [0.5, 0.6) is 0 Å². The second kappa shape index (κ2) is 3.09. The van der Waals surface area contributed by atoms with E-state index in [-0.39, 0.29) is 6.10 Å². The van der Waals surface area contributed by atoms with Gasteiger partial charge in [-0.15, -0.1) is 0 Å². The largest absolute Gasteiger partial charge is 0.388 e. The molecule has 3 aliphatic rings. The van der Waals surface area contributed by atoms with Gasteiger partial charge < -0.3 is 5.11 Å². The van der Waals surface area contributed by atoms with Gasteiger partial charge in [0.2, 0.25) is 0 Å². The first-order valence-corrected chi connectivity index (χ1v) is 6.13. The lowest BCUT2D eigenvalue weighted by molar-refractivity contribution is -0.0193. The molecule has 0 radical (unpaired) electrons. The molecule has 0 aromatic carbocycles. The molecule has 74 valence electrons. The van der Waals surface area contributed by atoms with E-state index in [0.29, 0.717) is 16.7 Å². The zero-order valence-electron chi connectivity index (χ0n) is 8.26. The minimum Gasteiger partial charge on any atom is -0.388 e. The summed E-state index contributed by atoms with van der Waals surface area (Å²) in [5.41, 5.74) is 1.72. The quantitative estimate of drug-likeness (QED) is 0.585. The van der Waals surface area contributed by atoms with E-state index in [1.807, 2.05) is 0 Å². The van der Waals surface area contributed by atoms with Gasteiger partial charge >= 0.3 is 0 Å². The lowest BCUT2D eigenvalue weighted by Gasteiger charge is -2.57. The molecular formula is C11H17BrO. The predicted octanol–water partition coefficient (Wildman–Crippen LogP) is 2.73. The van der Waals surface area contributed by atoms with Crippen molar-refractivity contribution in [1.29, 1.82) is 0 Å². The number of aliphatic hydroxyl groups excluding tert-OH is 1. The van der Waals surface area contributed by atoms with Gasteiger partial charge in [0, 0.05) is 5.33 Å². The van der Waals surface area contributed by atoms with Crippen molar-refractivity contribution in [3.05, 3.63) is 11.6 Å². The van der Waals surface area contributed by atoms with Crippen molar-refractivity contribution in [2.45, 2.75) is 32.8 Å². The van der Waals surface area contributed by atoms with Crippen LogP contribution in [0.25, 0.3) is 0 Å². The van der Waals surface area contributed by atoms with E-state index in [4.69, 9.17) is 0 Å². The Labute approximate surface area is 88.3 Å². The second-order valence-electron chi connectivity index (χ2n) is 4.92. The molecule has 0 saturated heterocycles. The summed E-state index contributed by atoms with van der Waals surface area (Å²) < 4.78 is 0. The van der Waals surface area contributed by atoms with Crippen LogP contribution < -0.4 is 0 Å². The van der Waals surface area contributed by atoms with Crippen molar-refractivity contribution >= 4 is 15.9 Å². The lowest BCUT2D eigenvalue weighted by Crippen LogP contribution is -2.50. The fraction of sp³-hybridized carbons (Fsp3) is 0.818. The first-order valence-electron chi connectivity index (χ1n) is 5.01. The molecule has 0 amide bonds. The molecule has 0 heterocycles. The first kappa shape index (κ1) is 9.72. The number of hydrogen-bond acceptors (Lipinski definition) is 1. The highest BCUT2D eigenvalue weighted by Gasteiger charge is 2.52. The minimum atomic E-state index is -0.259. The first-order chi connectivity index (χ1) is 6.07. The van der Waals surface area contributed by atoms with Gasteiger partial charge in [0.15, 0.2) is 0 Å². The molecule has 0 aromatic rings. The fourth-order valence-corrected chi connectivity index (χ4v) is 3.23. The molecule has 0 spiro atoms. The van der Waals surface area contributed by atoms with E-state index in [1.165, 1.54) is 18.4 Å². The summed E-state index contributed by atoms with van der Waals surface area (Å²) in [6.07, 6.45) is 4.47. The van der Waals surface area contributed by atoms with Crippen LogP contribution in [0.15, 0.2) is 11.6 Å². The van der Waals surface area contributed by atoms with E-state index in [2.05, 4.69) is 35.9 Å². The summed E-state index contributed by atoms with van der Waals surface area (Å²) in [7, 11) is 0. The fourth-order valence-electron chi connectivity index (χ4n) is 2.86. The number of allylic oxidation sites excluding steroid dienone is 1. The normalized spacial score (nSPS) is 37.7. The molecular weight excluding hydrogens is 228 g/mol. The maximum absolute atomic E-state index is 9.79. The standard InChI is InChI=1S/C11H17BrO/c1-11(2)7-3-4-8(9(11)5-7)10(13)6-12/h4,7,9-10,13H,3,5-6H2,1-2H3. The third-order valence-corrected chi connectivity index (χ3v) is 4.66. The molecule has 1 saturated carbocycles. The molecule has 3 atom stereocenters. The zero-order valence-corrected chi connectivity index (χ0v) is 9.84. The molecule has 13 heavy (non-hydrogen) atoms. The van der Waals surface area contributed by atoms with Gasteiger partial charge in [-0.05, 0) is 35.7 Å². The van der Waals surface area contributed by atoms with Gasteiger partial charge in [-0.3, -0.25) is 0 Å². The predicted molar refractivity (Wildman–Crippen MR) is 57.9 cm³/mol. The highest BCUT2D eigenvalue weighted by Crippen LogP contribution is 2.59. The van der Waals surface area contributed by atoms with E-state index < -0.39 is 0 Å². The molecule has 2 heteroatoms. The number of aliphatic hydroxyl groups is 1. The van der Waals surface area contributed by atoms with E-state index in [9.17, 15) is 5.11 Å². The van der Waals surface area contributed by atoms with Crippen molar-refractivity contribution in [3.8, 4) is 0 Å². The maximum atomic E-state index is 9.79. The molecule has 3 unspecified atom stereocenters. The monoisotopic (exact) mass is 244 g/mol. The van der Waals surface area contributed by atoms with E-state index >= 15 is 0 Å². The highest BCUT2D eigenvalue weighted by atomic mass is 79.9. The van der Waals surface area contributed by atoms with E-state index in [1.54, 1.807) is 0 Å². The summed E-state index contributed by atoms with van der Waals surface area (Å²) in [4.78, 5) is 0. The topological polar surface area (TPSA) is 20.2 Å². The van der Waals surface area contributed by atoms with Crippen molar-refractivity contribution in [2.24, 2.45) is 17.3 Å². The molecule has 3 rings (SSSR count). The van der Waals surface area contributed by atoms with Gasteiger partial charge in [-0.25, -0.2) is 0 Å². The Morgan fingerprint density at radius 1 is 1.69 bits per heavy atom. The van der Waals surface area contributed by atoms with Gasteiger partial charge in [-0.1, -0.05) is 35.9 Å². The molecule has 1 fully saturated rings. The second-order valence-corrected chi connectivity index (χ2v) is 5.56. The molecule has 2 bridgehead atoms. The molecule has 1 N–H and O–H groups in total. The Balaban J connectivity index is 2.18. The zero-order chi connectivity index (χ0) is 9.64. The van der Waals surface area contributed by atoms with Crippen molar-refractivity contribution < 1.29 is 5.11 Å². The summed E-state index contributed by atoms with van der Waals surface area (Å²) in [6.45, 7) is 4.67. The Morgan fingerprint density at radius 3 is 2.85 bits per heavy atom. The summed E-state index contributed by atoms with van der Waals surface area (Å²) >= 11 is 3.34. The minimum absolute atomic E-state index is 0.259. The van der Waals surface area contributed by atoms with Crippen LogP contribution in [0.4, 0.5) is 0 Å². The van der Waals surface area contributed by atoms with Crippen LogP contribution in [0.2, 0.25) is 0 Å². The van der Waals surface area contributed by atoms with Gasteiger partial charge in [0.1, 0.15) is 0 Å². The number of halogens is 1. The van der Waals surface area contributed by atoms with Gasteiger partial charge in [-0.2, -0.15) is 0 Å².